The van der Waals surface area contributed by atoms with Gasteiger partial charge in [-0.1, -0.05) is 12.2 Å². The Hall–Kier alpha value is -1.30. The molecule has 0 amide bonds. The summed E-state index contributed by atoms with van der Waals surface area (Å²) in [6, 6.07) is 4.84. The van der Waals surface area contributed by atoms with Crippen molar-refractivity contribution in [2.45, 2.75) is 25.6 Å². The topological polar surface area (TPSA) is 38.0 Å². The second-order valence-corrected chi connectivity index (χ2v) is 4.32. The molecule has 94 valence electrons. The molecule has 0 heterocycles. The molecule has 3 N–H and O–H groups in total. The van der Waals surface area contributed by atoms with E-state index < -0.39 is 11.7 Å². The first kappa shape index (κ1) is 13.8. The van der Waals surface area contributed by atoms with Crippen LogP contribution in [0.2, 0.25) is 0 Å². The third-order valence-corrected chi connectivity index (χ3v) is 2.30. The minimum atomic E-state index is -4.30. The molecule has 1 unspecified atom stereocenters. The van der Waals surface area contributed by atoms with E-state index in [0.29, 0.717) is 17.1 Å². The summed E-state index contributed by atoms with van der Waals surface area (Å²) in [4.78, 5) is 0.372. The summed E-state index contributed by atoms with van der Waals surface area (Å²) in [5, 5.41) is 3.02. The van der Waals surface area contributed by atoms with Crippen LogP contribution in [0.1, 0.15) is 18.9 Å². The van der Waals surface area contributed by atoms with Gasteiger partial charge in [0.2, 0.25) is 0 Å². The van der Waals surface area contributed by atoms with E-state index in [0.717, 1.165) is 12.1 Å². The molecule has 1 rings (SSSR count). The highest BCUT2D eigenvalue weighted by Crippen LogP contribution is 2.29. The van der Waals surface area contributed by atoms with E-state index in [1.807, 2.05) is 6.92 Å². The predicted octanol–water partition coefficient (Wildman–Crippen LogP) is 3.18. The first-order valence-electron chi connectivity index (χ1n) is 5.01. The number of nitrogens with two attached hydrogens (primary N) is 1. The van der Waals surface area contributed by atoms with Gasteiger partial charge >= 0.3 is 6.18 Å². The summed E-state index contributed by atoms with van der Waals surface area (Å²) < 4.78 is 36.9. The maximum atomic E-state index is 12.3. The molecule has 1 atom stereocenters. The van der Waals surface area contributed by atoms with E-state index in [4.69, 9.17) is 18.0 Å². The van der Waals surface area contributed by atoms with Crippen molar-refractivity contribution >= 4 is 22.9 Å². The minimum absolute atomic E-state index is 0.00997. The Bertz CT molecular complexity index is 387. The molecule has 0 fully saturated rings. The highest BCUT2D eigenvalue weighted by atomic mass is 32.1. The Morgan fingerprint density at radius 2 is 1.88 bits per heavy atom. The highest BCUT2D eigenvalue weighted by molar-refractivity contribution is 7.80. The van der Waals surface area contributed by atoms with Crippen molar-refractivity contribution in [3.63, 3.8) is 0 Å². The van der Waals surface area contributed by atoms with E-state index in [1.165, 1.54) is 12.1 Å². The van der Waals surface area contributed by atoms with Crippen molar-refractivity contribution < 1.29 is 13.2 Å². The van der Waals surface area contributed by atoms with Crippen molar-refractivity contribution in [1.29, 1.82) is 0 Å². The van der Waals surface area contributed by atoms with Gasteiger partial charge < -0.3 is 11.1 Å². The van der Waals surface area contributed by atoms with Gasteiger partial charge in [-0.05, 0) is 31.2 Å². The van der Waals surface area contributed by atoms with E-state index in [2.05, 4.69) is 5.32 Å². The molecule has 1 aromatic carbocycles. The molecule has 2 nitrogen and oxygen atoms in total. The van der Waals surface area contributed by atoms with Crippen LogP contribution in [-0.2, 0) is 6.18 Å². The zero-order valence-electron chi connectivity index (χ0n) is 9.21. The van der Waals surface area contributed by atoms with Gasteiger partial charge in [-0.2, -0.15) is 13.2 Å². The molecule has 0 saturated carbocycles. The Morgan fingerprint density at radius 1 is 1.35 bits per heavy atom. The average molecular weight is 262 g/mol. The van der Waals surface area contributed by atoms with Gasteiger partial charge in [-0.25, -0.2) is 0 Å². The third kappa shape index (κ3) is 4.60. The normalized spacial score (nSPS) is 13.2. The fourth-order valence-corrected chi connectivity index (χ4v) is 1.64. The van der Waals surface area contributed by atoms with Gasteiger partial charge in [0, 0.05) is 18.2 Å². The van der Waals surface area contributed by atoms with Crippen LogP contribution in [0, 0.1) is 0 Å². The lowest BCUT2D eigenvalue weighted by atomic mass is 10.1. The van der Waals surface area contributed by atoms with Crippen LogP contribution in [0.5, 0.6) is 0 Å². The number of halogens is 3. The van der Waals surface area contributed by atoms with Crippen molar-refractivity contribution in [1.82, 2.24) is 0 Å². The second-order valence-electron chi connectivity index (χ2n) is 3.79. The smallest absolute Gasteiger partial charge is 0.393 e. The number of benzene rings is 1. The fourth-order valence-electron chi connectivity index (χ4n) is 1.39. The van der Waals surface area contributed by atoms with Gasteiger partial charge in [0.15, 0.2) is 0 Å². The summed E-state index contributed by atoms with van der Waals surface area (Å²) >= 11 is 4.75. The molecule has 1 aromatic rings. The van der Waals surface area contributed by atoms with Gasteiger partial charge in [-0.3, -0.25) is 0 Å². The van der Waals surface area contributed by atoms with Crippen molar-refractivity contribution in [2.75, 3.05) is 5.32 Å². The van der Waals surface area contributed by atoms with Crippen LogP contribution >= 0.6 is 12.2 Å². The lowest BCUT2D eigenvalue weighted by molar-refractivity contribution is -0.137. The van der Waals surface area contributed by atoms with E-state index in [-0.39, 0.29) is 6.04 Å². The van der Waals surface area contributed by atoms with Crippen LogP contribution in [-0.4, -0.2) is 11.0 Å². The molecule has 0 aliphatic rings. The Balaban J connectivity index is 2.66. The first-order valence-corrected chi connectivity index (χ1v) is 5.42. The first-order chi connectivity index (χ1) is 7.79. The van der Waals surface area contributed by atoms with Gasteiger partial charge in [-0.15, -0.1) is 0 Å². The zero-order valence-corrected chi connectivity index (χ0v) is 10.0. The maximum Gasteiger partial charge on any atom is 0.416 e. The number of anilines is 1. The molecule has 6 heteroatoms. The van der Waals surface area contributed by atoms with E-state index in [1.54, 1.807) is 0 Å². The molecule has 0 bridgehead atoms. The maximum absolute atomic E-state index is 12.3. The summed E-state index contributed by atoms with van der Waals surface area (Å²) in [6.07, 6.45) is -3.81. The monoisotopic (exact) mass is 262 g/mol. The largest absolute Gasteiger partial charge is 0.416 e. The molecule has 0 aliphatic carbocycles. The van der Waals surface area contributed by atoms with Gasteiger partial charge in [0.1, 0.15) is 0 Å². The molecule has 0 saturated heterocycles. The van der Waals surface area contributed by atoms with Crippen LogP contribution in [0.3, 0.4) is 0 Å². The number of rotatable bonds is 4. The van der Waals surface area contributed by atoms with Crippen LogP contribution in [0.4, 0.5) is 18.9 Å². The average Bonchev–Trinajstić information content (AvgIpc) is 2.15. The molecule has 17 heavy (non-hydrogen) atoms. The molecule has 0 aromatic heterocycles. The molecular formula is C11H13F3N2S. The standard InChI is InChI=1S/C11H13F3N2S/c1-7(6-10(15)17)16-9-4-2-8(3-5-9)11(12,13)14/h2-5,7,16H,6H2,1H3,(H2,15,17). The SMILES string of the molecule is CC(CC(N)=S)Nc1ccc(C(F)(F)F)cc1. The Labute approximate surface area is 103 Å². The second kappa shape index (κ2) is 5.35. The lowest BCUT2D eigenvalue weighted by Gasteiger charge is -2.15. The van der Waals surface area contributed by atoms with Crippen molar-refractivity contribution in [3.05, 3.63) is 29.8 Å². The fraction of sp³-hybridized carbons (Fsp3) is 0.364. The van der Waals surface area contributed by atoms with Crippen molar-refractivity contribution in [3.8, 4) is 0 Å². The summed E-state index contributed by atoms with van der Waals surface area (Å²) in [5.41, 5.74) is 5.32. The van der Waals surface area contributed by atoms with Crippen LogP contribution < -0.4 is 11.1 Å². The summed E-state index contributed by atoms with van der Waals surface area (Å²) in [5.74, 6) is 0. The van der Waals surface area contributed by atoms with Gasteiger partial charge in [0.25, 0.3) is 0 Å². The highest BCUT2D eigenvalue weighted by Gasteiger charge is 2.29. The zero-order chi connectivity index (χ0) is 13.1. The molecule has 0 radical (unpaired) electrons. The third-order valence-electron chi connectivity index (χ3n) is 2.13. The lowest BCUT2D eigenvalue weighted by Crippen LogP contribution is -2.22. The van der Waals surface area contributed by atoms with E-state index in [9.17, 15) is 13.2 Å². The number of alkyl halides is 3. The van der Waals surface area contributed by atoms with Gasteiger partial charge in [0.05, 0.1) is 10.6 Å². The quantitative estimate of drug-likeness (QED) is 0.818. The van der Waals surface area contributed by atoms with Crippen LogP contribution in [0.15, 0.2) is 24.3 Å². The summed E-state index contributed by atoms with van der Waals surface area (Å²) in [6.45, 7) is 1.86. The summed E-state index contributed by atoms with van der Waals surface area (Å²) in [7, 11) is 0. The number of thiocarbonyl (C=S) groups is 1. The Kier molecular flexibility index (Phi) is 4.34. The molecular weight excluding hydrogens is 249 g/mol. The minimum Gasteiger partial charge on any atom is -0.393 e. The Morgan fingerprint density at radius 3 is 2.29 bits per heavy atom. The van der Waals surface area contributed by atoms with Crippen molar-refractivity contribution in [2.24, 2.45) is 5.73 Å². The molecule has 0 spiro atoms. The van der Waals surface area contributed by atoms with E-state index >= 15 is 0 Å². The number of nitrogens with one attached hydrogen (secondary N) is 1. The number of hydrogen-bond acceptors (Lipinski definition) is 2. The van der Waals surface area contributed by atoms with Crippen LogP contribution in [0.25, 0.3) is 0 Å². The number of hydrogen-bond donors (Lipinski definition) is 2. The molecule has 0 aliphatic heterocycles. The predicted molar refractivity (Wildman–Crippen MR) is 65.9 cm³/mol.